The third kappa shape index (κ3) is 5.15. The molecular formula is C28H22Br2ClNO5. The molecule has 1 fully saturated rings. The van der Waals surface area contributed by atoms with Gasteiger partial charge in [-0.15, -0.1) is 0 Å². The first-order valence-corrected chi connectivity index (χ1v) is 13.5. The summed E-state index contributed by atoms with van der Waals surface area (Å²) in [5.74, 6) is -3.91. The molecule has 1 saturated heterocycles. The van der Waals surface area contributed by atoms with E-state index in [4.69, 9.17) is 25.8 Å². The smallest absolute Gasteiger partial charge is 0.324 e. The molecule has 4 aromatic rings. The van der Waals surface area contributed by atoms with E-state index in [1.165, 1.54) is 13.8 Å². The summed E-state index contributed by atoms with van der Waals surface area (Å²) in [4.78, 5) is 29.6. The molecule has 6 nitrogen and oxygen atoms in total. The number of cyclic esters (lactones) is 2. The number of aromatic amines is 1. The van der Waals surface area contributed by atoms with Crippen LogP contribution in [-0.4, -0.2) is 22.7 Å². The highest BCUT2D eigenvalue weighted by Gasteiger charge is 2.48. The standard InChI is InChI=1S/C28H22Br2ClNO5/c1-28(2)36-26(33)24(27(34)37-28)23(18-13-32-22-10-6-4-8-17(18)22)16-11-19(29)25(20(30)12-16)35-14-15-7-3-5-9-21(15)31/h3-13,23-24,32H,14H2,1-2H3/t23-/m1/s1. The fraction of sp³-hybridized carbons (Fsp3) is 0.214. The minimum atomic E-state index is -1.33. The third-order valence-electron chi connectivity index (χ3n) is 6.20. The number of H-pyrrole nitrogens is 1. The van der Waals surface area contributed by atoms with Crippen LogP contribution in [0.1, 0.15) is 36.5 Å². The van der Waals surface area contributed by atoms with Crippen LogP contribution in [0.3, 0.4) is 0 Å². The lowest BCUT2D eigenvalue weighted by Gasteiger charge is -2.36. The van der Waals surface area contributed by atoms with E-state index < -0.39 is 29.6 Å². The van der Waals surface area contributed by atoms with Gasteiger partial charge in [0.25, 0.3) is 5.79 Å². The van der Waals surface area contributed by atoms with Crippen LogP contribution in [0.4, 0.5) is 0 Å². The molecular weight excluding hydrogens is 626 g/mol. The van der Waals surface area contributed by atoms with Gasteiger partial charge in [-0.1, -0.05) is 48.0 Å². The third-order valence-corrected chi connectivity index (χ3v) is 7.75. The van der Waals surface area contributed by atoms with Crippen LogP contribution < -0.4 is 4.74 Å². The monoisotopic (exact) mass is 645 g/mol. The summed E-state index contributed by atoms with van der Waals surface area (Å²) in [7, 11) is 0. The Hall–Kier alpha value is -2.81. The number of esters is 2. The predicted octanol–water partition coefficient (Wildman–Crippen LogP) is 7.51. The molecule has 1 aromatic heterocycles. The van der Waals surface area contributed by atoms with Crippen LogP contribution in [0.25, 0.3) is 10.9 Å². The van der Waals surface area contributed by atoms with Crippen molar-refractivity contribution in [1.82, 2.24) is 4.98 Å². The average Bonchev–Trinajstić information content (AvgIpc) is 3.25. The van der Waals surface area contributed by atoms with Crippen LogP contribution >= 0.6 is 43.5 Å². The lowest BCUT2D eigenvalue weighted by Crippen LogP contribution is -2.48. The first-order valence-electron chi connectivity index (χ1n) is 11.5. The molecule has 1 aliphatic rings. The first-order chi connectivity index (χ1) is 17.6. The number of ether oxygens (including phenoxy) is 3. The lowest BCUT2D eigenvalue weighted by molar-refractivity contribution is -0.240. The molecule has 1 atom stereocenters. The Labute approximate surface area is 235 Å². The maximum atomic E-state index is 13.2. The van der Waals surface area contributed by atoms with E-state index in [0.29, 0.717) is 25.3 Å². The Kier molecular flexibility index (Phi) is 7.09. The van der Waals surface area contributed by atoms with Crippen LogP contribution in [0.5, 0.6) is 5.75 Å². The predicted molar refractivity (Wildman–Crippen MR) is 148 cm³/mol. The topological polar surface area (TPSA) is 77.6 Å². The molecule has 190 valence electrons. The second-order valence-corrected chi connectivity index (χ2v) is 11.3. The van der Waals surface area contributed by atoms with Crippen molar-refractivity contribution in [2.75, 3.05) is 0 Å². The zero-order chi connectivity index (χ0) is 26.3. The van der Waals surface area contributed by atoms with Gasteiger partial charge in [-0.2, -0.15) is 0 Å². The van der Waals surface area contributed by atoms with Crippen molar-refractivity contribution in [2.24, 2.45) is 5.92 Å². The average molecular weight is 648 g/mol. The van der Waals surface area contributed by atoms with Crippen molar-refractivity contribution in [2.45, 2.75) is 32.2 Å². The van der Waals surface area contributed by atoms with Gasteiger partial charge in [0.2, 0.25) is 0 Å². The van der Waals surface area contributed by atoms with Crippen molar-refractivity contribution < 1.29 is 23.8 Å². The highest BCUT2D eigenvalue weighted by atomic mass is 79.9. The largest absolute Gasteiger partial charge is 0.486 e. The molecule has 0 amide bonds. The maximum absolute atomic E-state index is 13.2. The number of aromatic nitrogens is 1. The fourth-order valence-corrected chi connectivity index (χ4v) is 6.21. The molecule has 1 N–H and O–H groups in total. The molecule has 9 heteroatoms. The Bertz CT molecular complexity index is 1470. The quantitative estimate of drug-likeness (QED) is 0.173. The zero-order valence-corrected chi connectivity index (χ0v) is 23.8. The van der Waals surface area contributed by atoms with Gasteiger partial charge in [0, 0.05) is 47.5 Å². The second-order valence-electron chi connectivity index (χ2n) is 9.18. The number of para-hydroxylation sites is 1. The normalized spacial score (nSPS) is 16.4. The number of rotatable bonds is 6. The first kappa shape index (κ1) is 25.8. The van der Waals surface area contributed by atoms with Gasteiger partial charge >= 0.3 is 11.9 Å². The zero-order valence-electron chi connectivity index (χ0n) is 19.9. The minimum absolute atomic E-state index is 0.262. The van der Waals surface area contributed by atoms with Crippen molar-refractivity contribution in [3.63, 3.8) is 0 Å². The van der Waals surface area contributed by atoms with E-state index >= 15 is 0 Å². The maximum Gasteiger partial charge on any atom is 0.324 e. The van der Waals surface area contributed by atoms with Crippen molar-refractivity contribution >= 4 is 66.3 Å². The molecule has 0 unspecified atom stereocenters. The van der Waals surface area contributed by atoms with E-state index in [-0.39, 0.29) is 6.61 Å². The molecule has 37 heavy (non-hydrogen) atoms. The molecule has 0 bridgehead atoms. The fourth-order valence-electron chi connectivity index (χ4n) is 4.57. The highest BCUT2D eigenvalue weighted by Crippen LogP contribution is 2.45. The lowest BCUT2D eigenvalue weighted by atomic mass is 9.80. The SMILES string of the molecule is CC1(C)OC(=O)C([C@H](c2cc(Br)c(OCc3ccccc3Cl)c(Br)c2)c2c[nH]c3ccccc23)C(=O)O1. The molecule has 0 aliphatic carbocycles. The molecule has 0 spiro atoms. The number of fused-ring (bicyclic) bond motifs is 1. The van der Waals surface area contributed by atoms with E-state index in [1.807, 2.05) is 66.9 Å². The summed E-state index contributed by atoms with van der Waals surface area (Å²) >= 11 is 13.5. The van der Waals surface area contributed by atoms with Crippen molar-refractivity contribution in [3.05, 3.63) is 97.5 Å². The van der Waals surface area contributed by atoms with Crippen molar-refractivity contribution in [3.8, 4) is 5.75 Å². The Morgan fingerprint density at radius 1 is 1.00 bits per heavy atom. The van der Waals surface area contributed by atoms with Crippen LogP contribution in [0.15, 0.2) is 75.8 Å². The number of halogens is 3. The number of hydrogen-bond acceptors (Lipinski definition) is 5. The number of carbonyl (C=O) groups is 2. The number of carbonyl (C=O) groups excluding carboxylic acids is 2. The Morgan fingerprint density at radius 3 is 2.30 bits per heavy atom. The summed E-state index contributed by atoms with van der Waals surface area (Å²) in [5, 5.41) is 1.51. The van der Waals surface area contributed by atoms with Gasteiger partial charge in [0.1, 0.15) is 12.4 Å². The van der Waals surface area contributed by atoms with E-state index in [1.54, 1.807) is 0 Å². The second kappa shape index (κ2) is 10.2. The number of benzene rings is 3. The summed E-state index contributed by atoms with van der Waals surface area (Å²) in [6, 6.07) is 18.9. The van der Waals surface area contributed by atoms with E-state index in [2.05, 4.69) is 36.8 Å². The van der Waals surface area contributed by atoms with Gasteiger partial charge < -0.3 is 19.2 Å². The molecule has 5 rings (SSSR count). The molecule has 1 aliphatic heterocycles. The van der Waals surface area contributed by atoms with Gasteiger partial charge in [-0.05, 0) is 67.3 Å². The summed E-state index contributed by atoms with van der Waals surface area (Å²) in [6.45, 7) is 3.34. The molecule has 2 heterocycles. The van der Waals surface area contributed by atoms with Crippen LogP contribution in [0, 0.1) is 5.92 Å². The van der Waals surface area contributed by atoms with Gasteiger partial charge in [0.15, 0.2) is 5.92 Å². The number of hydrogen-bond donors (Lipinski definition) is 1. The van der Waals surface area contributed by atoms with E-state index in [9.17, 15) is 9.59 Å². The molecule has 0 saturated carbocycles. The molecule has 0 radical (unpaired) electrons. The number of nitrogens with one attached hydrogen (secondary N) is 1. The summed E-state index contributed by atoms with van der Waals surface area (Å²) in [5.41, 5.74) is 3.21. The Morgan fingerprint density at radius 2 is 1.62 bits per heavy atom. The van der Waals surface area contributed by atoms with E-state index in [0.717, 1.165) is 22.0 Å². The Balaban J connectivity index is 1.57. The molecule has 3 aromatic carbocycles. The summed E-state index contributed by atoms with van der Waals surface area (Å²) < 4.78 is 18.4. The van der Waals surface area contributed by atoms with Gasteiger partial charge in [0.05, 0.1) is 8.95 Å². The van der Waals surface area contributed by atoms with Crippen molar-refractivity contribution in [1.29, 1.82) is 0 Å². The summed E-state index contributed by atoms with van der Waals surface area (Å²) in [6.07, 6.45) is 1.82. The van der Waals surface area contributed by atoms with Gasteiger partial charge in [-0.3, -0.25) is 9.59 Å². The minimum Gasteiger partial charge on any atom is -0.486 e. The van der Waals surface area contributed by atoms with Crippen LogP contribution in [-0.2, 0) is 25.7 Å². The highest BCUT2D eigenvalue weighted by molar-refractivity contribution is 9.11. The van der Waals surface area contributed by atoms with Gasteiger partial charge in [-0.25, -0.2) is 0 Å². The van der Waals surface area contributed by atoms with Crippen LogP contribution in [0.2, 0.25) is 5.02 Å².